The largest absolute Gasteiger partial charge is 0.415 e. The number of aromatic nitrogens is 2. The lowest BCUT2D eigenvalue weighted by atomic mass is 10.0. The number of ether oxygens (including phenoxy) is 1. The number of nitrogens with zero attached hydrogens (tertiary/aromatic N) is 5. The standard InChI is InChI=1S/C23H21F4N5O3/c1-31(23(33)19(14-5-3-2-4-6-14)32-7-9-34-10-8-32)28-13-16-17(24)11-15(12-18(16)25)21-29-30-22(35-21)20(26)27/h2-6,11-13,19-20H,7-10H2,1H3/b28-13+/t19-/m0/s1. The Labute approximate surface area is 197 Å². The molecular formula is C23H21F4N5O3. The van der Waals surface area contributed by atoms with E-state index in [2.05, 4.69) is 15.3 Å². The molecule has 1 aliphatic heterocycles. The summed E-state index contributed by atoms with van der Waals surface area (Å²) in [7, 11) is 1.39. The molecule has 1 aliphatic rings. The zero-order valence-corrected chi connectivity index (χ0v) is 18.6. The third-order valence-electron chi connectivity index (χ3n) is 5.39. The summed E-state index contributed by atoms with van der Waals surface area (Å²) in [5, 5.41) is 11.5. The zero-order valence-electron chi connectivity index (χ0n) is 18.6. The van der Waals surface area contributed by atoms with Crippen LogP contribution in [0.15, 0.2) is 52.0 Å². The van der Waals surface area contributed by atoms with Gasteiger partial charge in [0.25, 0.3) is 11.8 Å². The van der Waals surface area contributed by atoms with Crippen molar-refractivity contribution in [2.24, 2.45) is 5.10 Å². The number of benzene rings is 2. The van der Waals surface area contributed by atoms with E-state index in [9.17, 15) is 22.4 Å². The second kappa shape index (κ2) is 10.7. The first-order valence-corrected chi connectivity index (χ1v) is 10.6. The van der Waals surface area contributed by atoms with Crippen molar-refractivity contribution in [3.05, 3.63) is 71.1 Å². The molecular weight excluding hydrogens is 470 g/mol. The van der Waals surface area contributed by atoms with Crippen molar-refractivity contribution >= 4 is 12.1 Å². The van der Waals surface area contributed by atoms with Gasteiger partial charge in [0.15, 0.2) is 0 Å². The van der Waals surface area contributed by atoms with E-state index < -0.39 is 47.4 Å². The number of amides is 1. The van der Waals surface area contributed by atoms with Gasteiger partial charge in [-0.2, -0.15) is 13.9 Å². The van der Waals surface area contributed by atoms with Crippen LogP contribution in [0.3, 0.4) is 0 Å². The number of likely N-dealkylation sites (N-methyl/N-ethyl adjacent to an activating group) is 1. The Balaban J connectivity index is 1.55. The summed E-state index contributed by atoms with van der Waals surface area (Å²) in [5.41, 5.74) is 0.0213. The van der Waals surface area contributed by atoms with Gasteiger partial charge in [-0.3, -0.25) is 9.69 Å². The summed E-state index contributed by atoms with van der Waals surface area (Å²) >= 11 is 0. The van der Waals surface area contributed by atoms with Gasteiger partial charge in [-0.1, -0.05) is 30.3 Å². The summed E-state index contributed by atoms with van der Waals surface area (Å²) < 4.78 is 64.7. The van der Waals surface area contributed by atoms with Gasteiger partial charge in [-0.25, -0.2) is 13.8 Å². The highest BCUT2D eigenvalue weighted by atomic mass is 19.3. The summed E-state index contributed by atoms with van der Waals surface area (Å²) in [6, 6.07) is 10.2. The molecule has 4 rings (SSSR count). The van der Waals surface area contributed by atoms with Gasteiger partial charge in [0.1, 0.15) is 17.7 Å². The molecule has 184 valence electrons. The van der Waals surface area contributed by atoms with Crippen molar-refractivity contribution < 1.29 is 31.5 Å². The maximum absolute atomic E-state index is 14.6. The number of halogens is 4. The lowest BCUT2D eigenvalue weighted by molar-refractivity contribution is -0.137. The van der Waals surface area contributed by atoms with Gasteiger partial charge in [-0.15, -0.1) is 10.2 Å². The molecule has 3 aromatic rings. The first-order valence-electron chi connectivity index (χ1n) is 10.6. The Kier molecular flexibility index (Phi) is 7.51. The summed E-state index contributed by atoms with van der Waals surface area (Å²) in [4.78, 5) is 15.2. The molecule has 2 aromatic carbocycles. The molecule has 12 heteroatoms. The van der Waals surface area contributed by atoms with Crippen molar-refractivity contribution in [1.29, 1.82) is 0 Å². The van der Waals surface area contributed by atoms with Crippen molar-refractivity contribution in [3.63, 3.8) is 0 Å². The number of morpholine rings is 1. The van der Waals surface area contributed by atoms with Gasteiger partial charge < -0.3 is 9.15 Å². The van der Waals surface area contributed by atoms with Crippen LogP contribution in [-0.4, -0.2) is 65.6 Å². The first-order chi connectivity index (χ1) is 16.8. The summed E-state index contributed by atoms with van der Waals surface area (Å²) in [6.07, 6.45) is -2.13. The number of hydrazone groups is 1. The Morgan fingerprint density at radius 2 is 1.77 bits per heavy atom. The molecule has 0 bridgehead atoms. The Morgan fingerprint density at radius 1 is 1.11 bits per heavy atom. The Morgan fingerprint density at radius 3 is 2.37 bits per heavy atom. The molecule has 0 spiro atoms. The predicted molar refractivity (Wildman–Crippen MR) is 117 cm³/mol. The first kappa shape index (κ1) is 24.5. The fraction of sp³-hybridized carbons (Fsp3) is 0.304. The molecule has 0 aliphatic carbocycles. The molecule has 8 nitrogen and oxygen atoms in total. The highest BCUT2D eigenvalue weighted by molar-refractivity contribution is 5.86. The normalized spacial score (nSPS) is 15.6. The van der Waals surface area contributed by atoms with Crippen LogP contribution in [0.5, 0.6) is 0 Å². The Hall–Kier alpha value is -3.64. The van der Waals surface area contributed by atoms with Crippen LogP contribution in [0.4, 0.5) is 17.6 Å². The average Bonchev–Trinajstić information content (AvgIpc) is 3.36. The molecule has 1 amide bonds. The van der Waals surface area contributed by atoms with Gasteiger partial charge in [0.05, 0.1) is 25.0 Å². The predicted octanol–water partition coefficient (Wildman–Crippen LogP) is 3.82. The minimum absolute atomic E-state index is 0.211. The molecule has 0 N–H and O–H groups in total. The van der Waals surface area contributed by atoms with E-state index in [1.807, 2.05) is 35.2 Å². The third-order valence-corrected chi connectivity index (χ3v) is 5.39. The molecule has 1 atom stereocenters. The maximum atomic E-state index is 14.6. The van der Waals surface area contributed by atoms with E-state index in [1.54, 1.807) is 0 Å². The fourth-order valence-electron chi connectivity index (χ4n) is 3.63. The average molecular weight is 491 g/mol. The molecule has 1 aromatic heterocycles. The van der Waals surface area contributed by atoms with Crippen LogP contribution >= 0.6 is 0 Å². The minimum atomic E-state index is -3.01. The fourth-order valence-corrected chi connectivity index (χ4v) is 3.63. The highest BCUT2D eigenvalue weighted by Crippen LogP contribution is 2.27. The van der Waals surface area contributed by atoms with E-state index >= 15 is 0 Å². The van der Waals surface area contributed by atoms with E-state index in [4.69, 9.17) is 9.15 Å². The molecule has 0 unspecified atom stereocenters. The monoisotopic (exact) mass is 491 g/mol. The third kappa shape index (κ3) is 5.54. The van der Waals surface area contributed by atoms with Crippen molar-refractivity contribution in [2.75, 3.05) is 33.4 Å². The van der Waals surface area contributed by atoms with Gasteiger partial charge in [-0.05, 0) is 17.7 Å². The van der Waals surface area contributed by atoms with Crippen molar-refractivity contribution in [1.82, 2.24) is 20.1 Å². The van der Waals surface area contributed by atoms with Crippen molar-refractivity contribution in [2.45, 2.75) is 12.5 Å². The number of carbonyl (C=O) groups is 1. The second-order valence-corrected chi connectivity index (χ2v) is 7.67. The SMILES string of the molecule is CN(/N=C/c1c(F)cc(-c2nnc(C(F)F)o2)cc1F)C(=O)[C@H](c1ccccc1)N1CCOCC1. The highest BCUT2D eigenvalue weighted by Gasteiger charge is 2.31. The topological polar surface area (TPSA) is 84.1 Å². The Bertz CT molecular complexity index is 1180. The van der Waals surface area contributed by atoms with Crippen LogP contribution in [0.2, 0.25) is 0 Å². The second-order valence-electron chi connectivity index (χ2n) is 7.67. The van der Waals surface area contributed by atoms with Crippen LogP contribution < -0.4 is 0 Å². The zero-order chi connectivity index (χ0) is 24.9. The maximum Gasteiger partial charge on any atom is 0.314 e. The van der Waals surface area contributed by atoms with Crippen LogP contribution in [0.1, 0.15) is 29.5 Å². The molecule has 2 heterocycles. The van der Waals surface area contributed by atoms with Crippen LogP contribution in [-0.2, 0) is 9.53 Å². The molecule has 1 saturated heterocycles. The summed E-state index contributed by atoms with van der Waals surface area (Å²) in [5.74, 6) is -3.90. The lowest BCUT2D eigenvalue weighted by Crippen LogP contribution is -2.45. The van der Waals surface area contributed by atoms with E-state index in [0.29, 0.717) is 26.3 Å². The molecule has 35 heavy (non-hydrogen) atoms. The van der Waals surface area contributed by atoms with E-state index in [-0.39, 0.29) is 5.56 Å². The molecule has 0 saturated carbocycles. The number of carbonyl (C=O) groups excluding carboxylic acids is 1. The number of alkyl halides is 2. The van der Waals surface area contributed by atoms with Gasteiger partial charge in [0.2, 0.25) is 5.89 Å². The quantitative estimate of drug-likeness (QED) is 0.284. The van der Waals surface area contributed by atoms with Gasteiger partial charge >= 0.3 is 6.43 Å². The van der Waals surface area contributed by atoms with Crippen LogP contribution in [0.25, 0.3) is 11.5 Å². The van der Waals surface area contributed by atoms with E-state index in [0.717, 1.165) is 28.9 Å². The van der Waals surface area contributed by atoms with Gasteiger partial charge in [0, 0.05) is 25.7 Å². The number of hydrogen-bond acceptors (Lipinski definition) is 7. The molecule has 1 fully saturated rings. The van der Waals surface area contributed by atoms with Crippen LogP contribution in [0, 0.1) is 11.6 Å². The van der Waals surface area contributed by atoms with E-state index in [1.165, 1.54) is 7.05 Å². The lowest BCUT2D eigenvalue weighted by Gasteiger charge is -2.34. The molecule has 0 radical (unpaired) electrons. The minimum Gasteiger partial charge on any atom is -0.415 e. The number of rotatable bonds is 7. The number of hydrogen-bond donors (Lipinski definition) is 0. The smallest absolute Gasteiger partial charge is 0.314 e. The van der Waals surface area contributed by atoms with Crippen molar-refractivity contribution in [3.8, 4) is 11.5 Å². The summed E-state index contributed by atoms with van der Waals surface area (Å²) in [6.45, 7) is 2.03.